The lowest BCUT2D eigenvalue weighted by molar-refractivity contribution is -0.127. The number of ether oxygens (including phenoxy) is 2. The van der Waals surface area contributed by atoms with Gasteiger partial charge in [0, 0.05) is 30.9 Å². The molecule has 0 saturated heterocycles. The lowest BCUT2D eigenvalue weighted by atomic mass is 9.80. The molecule has 0 radical (unpaired) electrons. The van der Waals surface area contributed by atoms with E-state index in [1.54, 1.807) is 0 Å². The van der Waals surface area contributed by atoms with Crippen LogP contribution in [0.3, 0.4) is 0 Å². The number of nitrogens with one attached hydrogen (secondary N) is 1. The van der Waals surface area contributed by atoms with Gasteiger partial charge in [0.2, 0.25) is 5.91 Å². The number of ketones is 1. The molecule has 0 heterocycles. The van der Waals surface area contributed by atoms with Crippen LogP contribution < -0.4 is 5.32 Å². The molecule has 0 aliphatic heterocycles. The third-order valence-electron chi connectivity index (χ3n) is 5.77. The van der Waals surface area contributed by atoms with Crippen LogP contribution in [0.15, 0.2) is 0 Å². The summed E-state index contributed by atoms with van der Waals surface area (Å²) in [6.45, 7) is 7.26. The van der Waals surface area contributed by atoms with Crippen LogP contribution in [0.5, 0.6) is 0 Å². The second kappa shape index (κ2) is 11.0. The Morgan fingerprint density at radius 1 is 0.923 bits per heavy atom. The minimum Gasteiger partial charge on any atom is -0.379 e. The molecule has 5 heteroatoms. The SMILES string of the molecule is CCOC1CCC(OCCC(=O)NC2CCC(C(=O)C(C)C)CC2)CC1. The first-order valence-electron chi connectivity index (χ1n) is 10.6. The van der Waals surface area contributed by atoms with Gasteiger partial charge < -0.3 is 14.8 Å². The molecule has 1 amide bonds. The number of hydrogen-bond donors (Lipinski definition) is 1. The van der Waals surface area contributed by atoms with E-state index in [2.05, 4.69) is 5.32 Å². The Balaban J connectivity index is 1.55. The molecule has 0 atom stereocenters. The van der Waals surface area contributed by atoms with E-state index in [9.17, 15) is 9.59 Å². The highest BCUT2D eigenvalue weighted by Crippen LogP contribution is 2.27. The molecule has 0 unspecified atom stereocenters. The van der Waals surface area contributed by atoms with E-state index in [0.29, 0.717) is 24.9 Å². The first-order valence-corrected chi connectivity index (χ1v) is 10.6. The van der Waals surface area contributed by atoms with Gasteiger partial charge in [-0.3, -0.25) is 9.59 Å². The minimum absolute atomic E-state index is 0.0756. The van der Waals surface area contributed by atoms with Gasteiger partial charge in [-0.15, -0.1) is 0 Å². The molecule has 2 fully saturated rings. The molecular formula is C21H37NO4. The predicted octanol–water partition coefficient (Wildman–Crippen LogP) is 3.64. The molecule has 0 bridgehead atoms. The lowest BCUT2D eigenvalue weighted by Gasteiger charge is -2.29. The highest BCUT2D eigenvalue weighted by Gasteiger charge is 2.28. The number of Topliss-reactive ketones (excluding diaryl/α,β-unsaturated/α-hetero) is 1. The molecule has 2 saturated carbocycles. The average molecular weight is 368 g/mol. The Labute approximate surface area is 158 Å². The number of hydrogen-bond acceptors (Lipinski definition) is 4. The second-order valence-corrected chi connectivity index (χ2v) is 8.15. The Morgan fingerprint density at radius 2 is 1.50 bits per heavy atom. The van der Waals surface area contributed by atoms with Gasteiger partial charge in [0.05, 0.1) is 18.8 Å². The third-order valence-corrected chi connectivity index (χ3v) is 5.77. The van der Waals surface area contributed by atoms with Crippen molar-refractivity contribution in [2.24, 2.45) is 11.8 Å². The van der Waals surface area contributed by atoms with Gasteiger partial charge in [-0.1, -0.05) is 13.8 Å². The maximum atomic E-state index is 12.1. The molecule has 2 aliphatic rings. The maximum Gasteiger partial charge on any atom is 0.222 e. The Kier molecular flexibility index (Phi) is 9.06. The molecule has 26 heavy (non-hydrogen) atoms. The van der Waals surface area contributed by atoms with E-state index in [1.807, 2.05) is 20.8 Å². The van der Waals surface area contributed by atoms with E-state index < -0.39 is 0 Å². The first-order chi connectivity index (χ1) is 12.5. The van der Waals surface area contributed by atoms with Crippen LogP contribution >= 0.6 is 0 Å². The Morgan fingerprint density at radius 3 is 2.04 bits per heavy atom. The molecule has 0 aromatic heterocycles. The molecule has 2 aliphatic carbocycles. The average Bonchev–Trinajstić information content (AvgIpc) is 2.63. The van der Waals surface area contributed by atoms with Gasteiger partial charge in [-0.05, 0) is 58.3 Å². The van der Waals surface area contributed by atoms with Crippen molar-refractivity contribution >= 4 is 11.7 Å². The van der Waals surface area contributed by atoms with Crippen LogP contribution in [0.2, 0.25) is 0 Å². The highest BCUT2D eigenvalue weighted by atomic mass is 16.5. The zero-order chi connectivity index (χ0) is 18.9. The van der Waals surface area contributed by atoms with Gasteiger partial charge in [0.25, 0.3) is 0 Å². The van der Waals surface area contributed by atoms with E-state index in [4.69, 9.17) is 9.47 Å². The Hall–Kier alpha value is -0.940. The summed E-state index contributed by atoms with van der Waals surface area (Å²) in [5.74, 6) is 0.763. The smallest absolute Gasteiger partial charge is 0.222 e. The highest BCUT2D eigenvalue weighted by molar-refractivity contribution is 5.83. The first kappa shape index (κ1) is 21.4. The van der Waals surface area contributed by atoms with Gasteiger partial charge in [0.15, 0.2) is 0 Å². The second-order valence-electron chi connectivity index (χ2n) is 8.15. The van der Waals surface area contributed by atoms with Crippen molar-refractivity contribution in [3.63, 3.8) is 0 Å². The molecule has 150 valence electrons. The van der Waals surface area contributed by atoms with E-state index in [0.717, 1.165) is 58.0 Å². The fourth-order valence-corrected chi connectivity index (χ4v) is 4.21. The lowest BCUT2D eigenvalue weighted by Crippen LogP contribution is -2.39. The summed E-state index contributed by atoms with van der Waals surface area (Å²) in [5.41, 5.74) is 0. The zero-order valence-electron chi connectivity index (χ0n) is 16.8. The van der Waals surface area contributed by atoms with E-state index in [1.165, 1.54) is 0 Å². The molecule has 1 N–H and O–H groups in total. The van der Waals surface area contributed by atoms with Crippen molar-refractivity contribution < 1.29 is 19.1 Å². The number of rotatable bonds is 9. The van der Waals surface area contributed by atoms with Crippen molar-refractivity contribution in [1.82, 2.24) is 5.32 Å². The summed E-state index contributed by atoms with van der Waals surface area (Å²) in [5, 5.41) is 3.12. The monoisotopic (exact) mass is 367 g/mol. The van der Waals surface area contributed by atoms with Crippen LogP contribution in [0.25, 0.3) is 0 Å². The predicted molar refractivity (Wildman–Crippen MR) is 102 cm³/mol. The van der Waals surface area contributed by atoms with Gasteiger partial charge >= 0.3 is 0 Å². The molecular weight excluding hydrogens is 330 g/mol. The van der Waals surface area contributed by atoms with Gasteiger partial charge in [-0.25, -0.2) is 0 Å². The van der Waals surface area contributed by atoms with Crippen LogP contribution in [0, 0.1) is 11.8 Å². The largest absolute Gasteiger partial charge is 0.379 e. The topological polar surface area (TPSA) is 64.6 Å². The van der Waals surface area contributed by atoms with Crippen molar-refractivity contribution in [2.75, 3.05) is 13.2 Å². The third kappa shape index (κ3) is 6.99. The standard InChI is InChI=1S/C21H37NO4/c1-4-25-18-9-11-19(12-10-18)26-14-13-20(23)22-17-7-5-16(6-8-17)21(24)15(2)3/h15-19H,4-14H2,1-3H3,(H,22,23). The van der Waals surface area contributed by atoms with Crippen LogP contribution in [0.4, 0.5) is 0 Å². The van der Waals surface area contributed by atoms with Crippen LogP contribution in [0.1, 0.15) is 78.6 Å². The molecule has 0 spiro atoms. The zero-order valence-corrected chi connectivity index (χ0v) is 16.8. The number of carbonyl (C=O) groups is 2. The molecule has 2 rings (SSSR count). The Bertz CT molecular complexity index is 435. The van der Waals surface area contributed by atoms with Crippen molar-refractivity contribution in [1.29, 1.82) is 0 Å². The maximum absolute atomic E-state index is 12.1. The summed E-state index contributed by atoms with van der Waals surface area (Å²) in [6, 6.07) is 0.223. The van der Waals surface area contributed by atoms with E-state index in [-0.39, 0.29) is 29.9 Å². The molecule has 0 aromatic rings. The summed E-state index contributed by atoms with van der Waals surface area (Å²) in [6.07, 6.45) is 8.90. The van der Waals surface area contributed by atoms with Crippen molar-refractivity contribution in [3.05, 3.63) is 0 Å². The molecule has 0 aromatic carbocycles. The summed E-state index contributed by atoms with van der Waals surface area (Å²) >= 11 is 0. The minimum atomic E-state index is 0.0756. The quantitative estimate of drug-likeness (QED) is 0.676. The van der Waals surface area contributed by atoms with Crippen molar-refractivity contribution in [2.45, 2.75) is 96.8 Å². The summed E-state index contributed by atoms with van der Waals surface area (Å²) in [4.78, 5) is 24.2. The fourth-order valence-electron chi connectivity index (χ4n) is 4.21. The van der Waals surface area contributed by atoms with Crippen LogP contribution in [-0.2, 0) is 19.1 Å². The molecule has 5 nitrogen and oxygen atoms in total. The summed E-state index contributed by atoms with van der Waals surface area (Å²) < 4.78 is 11.5. The van der Waals surface area contributed by atoms with Crippen molar-refractivity contribution in [3.8, 4) is 0 Å². The number of amides is 1. The van der Waals surface area contributed by atoms with Gasteiger partial charge in [-0.2, -0.15) is 0 Å². The fraction of sp³-hybridized carbons (Fsp3) is 0.905. The normalized spacial score (nSPS) is 29.5. The van der Waals surface area contributed by atoms with Gasteiger partial charge in [0.1, 0.15) is 5.78 Å². The van der Waals surface area contributed by atoms with E-state index >= 15 is 0 Å². The summed E-state index contributed by atoms with van der Waals surface area (Å²) in [7, 11) is 0. The van der Waals surface area contributed by atoms with Crippen LogP contribution in [-0.4, -0.2) is 43.2 Å². The number of carbonyl (C=O) groups excluding carboxylic acids is 2.